The Hall–Kier alpha value is -1.86. The van der Waals surface area contributed by atoms with Crippen LogP contribution in [0.15, 0.2) is 30.3 Å². The van der Waals surface area contributed by atoms with Crippen molar-refractivity contribution in [2.45, 2.75) is 52.9 Å². The van der Waals surface area contributed by atoms with Gasteiger partial charge in [0.05, 0.1) is 17.1 Å². The number of nitrogens with zero attached hydrogens (tertiary/aromatic N) is 3. The predicted octanol–water partition coefficient (Wildman–Crippen LogP) is 4.60. The lowest BCUT2D eigenvalue weighted by atomic mass is 9.65. The van der Waals surface area contributed by atoms with Crippen molar-refractivity contribution in [3.8, 4) is 11.3 Å². The van der Waals surface area contributed by atoms with Gasteiger partial charge in [-0.05, 0) is 35.1 Å². The Morgan fingerprint density at radius 3 is 2.14 bits per heavy atom. The largest absolute Gasteiger partial charge is 0.214 e. The Kier molecular flexibility index (Phi) is 6.55. The van der Waals surface area contributed by atoms with Crippen LogP contribution in [0.4, 0.5) is 4.39 Å². The molecule has 1 aromatic heterocycles. The highest BCUT2D eigenvalue weighted by Gasteiger charge is 2.46. The molecule has 0 bridgehead atoms. The molecule has 0 aliphatic carbocycles. The van der Waals surface area contributed by atoms with Gasteiger partial charge in [0.15, 0.2) is 0 Å². The number of hydrogen-bond acceptors (Lipinski definition) is 4. The topological polar surface area (TPSA) is 63.2 Å². The molecule has 1 heterocycles. The van der Waals surface area contributed by atoms with E-state index in [1.807, 2.05) is 47.6 Å². The molecule has 1 aromatic carbocycles. The number of rotatable bonds is 6. The molecule has 1 atom stereocenters. The molecule has 7 heteroatoms. The van der Waals surface area contributed by atoms with E-state index in [4.69, 9.17) is 0 Å². The van der Waals surface area contributed by atoms with Crippen molar-refractivity contribution in [3.05, 3.63) is 47.4 Å². The van der Waals surface area contributed by atoms with Crippen molar-refractivity contribution in [3.63, 3.8) is 0 Å². The van der Waals surface area contributed by atoms with Crippen LogP contribution in [0.5, 0.6) is 0 Å². The first-order valence-corrected chi connectivity index (χ1v) is 11.3. The summed E-state index contributed by atoms with van der Waals surface area (Å²) in [5.74, 6) is -0.392. The number of aromatic nitrogens is 2. The summed E-state index contributed by atoms with van der Waals surface area (Å²) < 4.78 is 41.2. The molecule has 0 fully saturated rings. The van der Waals surface area contributed by atoms with Gasteiger partial charge in [0.1, 0.15) is 5.82 Å². The van der Waals surface area contributed by atoms with E-state index < -0.39 is 20.9 Å². The molecule has 29 heavy (non-hydrogen) atoms. The number of sulfonamides is 1. The molecule has 0 spiro atoms. The fourth-order valence-electron chi connectivity index (χ4n) is 3.21. The summed E-state index contributed by atoms with van der Waals surface area (Å²) in [5.41, 5.74) is 1.15. The van der Waals surface area contributed by atoms with Gasteiger partial charge in [-0.15, -0.1) is 0 Å². The fraction of sp³-hybridized carbons (Fsp3) is 0.545. The molecule has 0 radical (unpaired) electrons. The lowest BCUT2D eigenvalue weighted by molar-refractivity contribution is 0.216. The van der Waals surface area contributed by atoms with E-state index in [-0.39, 0.29) is 17.5 Å². The second kappa shape index (κ2) is 8.11. The zero-order valence-electron chi connectivity index (χ0n) is 18.6. The second-order valence-electron chi connectivity index (χ2n) is 9.29. The zero-order valence-corrected chi connectivity index (χ0v) is 19.4. The maximum Gasteiger partial charge on any atom is 0.214 e. The van der Waals surface area contributed by atoms with Gasteiger partial charge in [0.25, 0.3) is 0 Å². The molecular formula is C22H32FN3O2S. The monoisotopic (exact) mass is 421 g/mol. The van der Waals surface area contributed by atoms with E-state index in [0.717, 1.165) is 5.56 Å². The van der Waals surface area contributed by atoms with E-state index in [0.29, 0.717) is 17.0 Å². The molecule has 2 rings (SSSR count). The van der Waals surface area contributed by atoms with Crippen LogP contribution in [0.25, 0.3) is 11.3 Å². The first kappa shape index (κ1) is 23.4. The summed E-state index contributed by atoms with van der Waals surface area (Å²) in [6.07, 6.45) is 0. The van der Waals surface area contributed by atoms with Gasteiger partial charge in [0.2, 0.25) is 10.0 Å². The Morgan fingerprint density at radius 1 is 1.07 bits per heavy atom. The smallest absolute Gasteiger partial charge is 0.212 e. The minimum Gasteiger partial charge on any atom is -0.212 e. The standard InChI is InChI=1S/C22H32FN3O2S/c1-15(2)17-13-19(16-11-9-10-12-18(16)23)24-25-20(17)22(6,21(3,4)5)14-29(27,28)26(7)8/h9-13,15H,14H2,1-8H3/t22-/m0/s1. The van der Waals surface area contributed by atoms with Crippen molar-refractivity contribution in [2.24, 2.45) is 5.41 Å². The summed E-state index contributed by atoms with van der Waals surface area (Å²) in [5, 5.41) is 8.81. The number of hydrogen-bond donors (Lipinski definition) is 0. The normalized spacial score (nSPS) is 15.0. The first-order valence-electron chi connectivity index (χ1n) is 9.74. The Morgan fingerprint density at radius 2 is 1.66 bits per heavy atom. The Balaban J connectivity index is 2.73. The van der Waals surface area contributed by atoms with Gasteiger partial charge >= 0.3 is 0 Å². The maximum absolute atomic E-state index is 14.3. The van der Waals surface area contributed by atoms with Gasteiger partial charge in [-0.1, -0.05) is 53.7 Å². The summed E-state index contributed by atoms with van der Waals surface area (Å²) in [7, 11) is -0.420. The zero-order chi connectivity index (χ0) is 22.2. The van der Waals surface area contributed by atoms with Crippen molar-refractivity contribution in [1.29, 1.82) is 0 Å². The second-order valence-corrected chi connectivity index (χ2v) is 11.5. The molecule has 0 unspecified atom stereocenters. The third-order valence-electron chi connectivity index (χ3n) is 5.80. The van der Waals surface area contributed by atoms with E-state index in [1.54, 1.807) is 18.2 Å². The van der Waals surface area contributed by atoms with Gasteiger partial charge in [-0.25, -0.2) is 17.1 Å². The van der Waals surface area contributed by atoms with Crippen molar-refractivity contribution in [1.82, 2.24) is 14.5 Å². The predicted molar refractivity (Wildman–Crippen MR) is 116 cm³/mol. The molecular weight excluding hydrogens is 389 g/mol. The number of halogens is 1. The highest BCUT2D eigenvalue weighted by molar-refractivity contribution is 7.89. The third kappa shape index (κ3) is 4.67. The lowest BCUT2D eigenvalue weighted by Gasteiger charge is -2.42. The first-order chi connectivity index (χ1) is 13.2. The van der Waals surface area contributed by atoms with Crippen molar-refractivity contribution in [2.75, 3.05) is 19.8 Å². The van der Waals surface area contributed by atoms with E-state index in [2.05, 4.69) is 10.2 Å². The van der Waals surface area contributed by atoms with Crippen LogP contribution < -0.4 is 0 Å². The quantitative estimate of drug-likeness (QED) is 0.684. The van der Waals surface area contributed by atoms with Gasteiger partial charge in [-0.3, -0.25) is 0 Å². The van der Waals surface area contributed by atoms with Crippen LogP contribution in [0.3, 0.4) is 0 Å². The van der Waals surface area contributed by atoms with E-state index in [9.17, 15) is 12.8 Å². The molecule has 0 saturated heterocycles. The van der Waals surface area contributed by atoms with Gasteiger partial charge in [-0.2, -0.15) is 10.2 Å². The highest BCUT2D eigenvalue weighted by Crippen LogP contribution is 2.44. The van der Waals surface area contributed by atoms with Crippen LogP contribution >= 0.6 is 0 Å². The molecule has 0 saturated carbocycles. The summed E-state index contributed by atoms with van der Waals surface area (Å²) in [6.45, 7) is 12.0. The minimum atomic E-state index is -3.49. The summed E-state index contributed by atoms with van der Waals surface area (Å²) >= 11 is 0. The lowest BCUT2D eigenvalue weighted by Crippen LogP contribution is -2.47. The average Bonchev–Trinajstić information content (AvgIpc) is 2.60. The van der Waals surface area contributed by atoms with Crippen molar-refractivity contribution < 1.29 is 12.8 Å². The molecule has 160 valence electrons. The fourth-order valence-corrected chi connectivity index (χ4v) is 4.77. The molecule has 2 aromatic rings. The molecule has 0 N–H and O–H groups in total. The third-order valence-corrected chi connectivity index (χ3v) is 7.86. The molecule has 0 aliphatic heterocycles. The SMILES string of the molecule is CC(C)c1cc(-c2ccccc2F)nnc1[C@](C)(CS(=O)(=O)N(C)C)C(C)(C)C. The van der Waals surface area contributed by atoms with Crippen LogP contribution in [0.1, 0.15) is 58.7 Å². The Labute approximate surface area is 174 Å². The maximum atomic E-state index is 14.3. The van der Waals surface area contributed by atoms with Crippen LogP contribution in [-0.2, 0) is 15.4 Å². The molecule has 0 aliphatic rings. The number of benzene rings is 1. The molecule has 0 amide bonds. The minimum absolute atomic E-state index is 0.0646. The van der Waals surface area contributed by atoms with Crippen molar-refractivity contribution >= 4 is 10.0 Å². The average molecular weight is 422 g/mol. The summed E-state index contributed by atoms with van der Waals surface area (Å²) in [4.78, 5) is 0. The van der Waals surface area contributed by atoms with Crippen LogP contribution in [0, 0.1) is 11.2 Å². The highest BCUT2D eigenvalue weighted by atomic mass is 32.2. The Bertz CT molecular complexity index is 982. The summed E-state index contributed by atoms with van der Waals surface area (Å²) in [6, 6.07) is 8.29. The van der Waals surface area contributed by atoms with Crippen LogP contribution in [0.2, 0.25) is 0 Å². The van der Waals surface area contributed by atoms with Gasteiger partial charge in [0, 0.05) is 25.1 Å². The van der Waals surface area contributed by atoms with Gasteiger partial charge < -0.3 is 0 Å². The molecule has 5 nitrogen and oxygen atoms in total. The van der Waals surface area contributed by atoms with E-state index >= 15 is 0 Å². The van der Waals surface area contributed by atoms with Crippen LogP contribution in [-0.4, -0.2) is 42.8 Å². The van der Waals surface area contributed by atoms with E-state index in [1.165, 1.54) is 24.5 Å².